The van der Waals surface area contributed by atoms with Crippen molar-refractivity contribution in [3.63, 3.8) is 0 Å². The molecule has 28 heavy (non-hydrogen) atoms. The molecule has 1 aromatic carbocycles. The smallest absolute Gasteiger partial charge is 0.270 e. The Morgan fingerprint density at radius 1 is 1.32 bits per heavy atom. The summed E-state index contributed by atoms with van der Waals surface area (Å²) < 4.78 is 6.62. The van der Waals surface area contributed by atoms with E-state index in [0.29, 0.717) is 11.5 Å². The Morgan fingerprint density at radius 2 is 2.11 bits per heavy atom. The van der Waals surface area contributed by atoms with Crippen LogP contribution in [0.4, 0.5) is 0 Å². The van der Waals surface area contributed by atoms with Crippen LogP contribution in [0.5, 0.6) is 0 Å². The zero-order chi connectivity index (χ0) is 20.1. The Labute approximate surface area is 166 Å². The first-order valence-corrected chi connectivity index (χ1v) is 8.88. The lowest BCUT2D eigenvalue weighted by atomic mass is 9.42. The highest BCUT2D eigenvalue weighted by molar-refractivity contribution is 6.58. The van der Waals surface area contributed by atoms with E-state index in [1.54, 1.807) is 17.8 Å². The predicted octanol–water partition coefficient (Wildman–Crippen LogP) is 0.812. The summed E-state index contributed by atoms with van der Waals surface area (Å²) in [5, 5.41) is 9.52. The van der Waals surface area contributed by atoms with Gasteiger partial charge in [0.2, 0.25) is 11.7 Å². The summed E-state index contributed by atoms with van der Waals surface area (Å²) in [6.45, 7) is 1.86. The number of amides is 1. The molecule has 1 atom stereocenters. The van der Waals surface area contributed by atoms with E-state index in [9.17, 15) is 4.79 Å². The van der Waals surface area contributed by atoms with Crippen molar-refractivity contribution in [2.24, 2.45) is 7.05 Å². The number of rotatable bonds is 4. The van der Waals surface area contributed by atoms with Crippen molar-refractivity contribution in [3.05, 3.63) is 52.7 Å². The molecule has 7 nitrogen and oxygen atoms in total. The first-order valence-electron chi connectivity index (χ1n) is 8.88. The second kappa shape index (κ2) is 6.69. The predicted molar refractivity (Wildman–Crippen MR) is 105 cm³/mol. The van der Waals surface area contributed by atoms with Crippen molar-refractivity contribution >= 4 is 29.4 Å². The normalized spacial score (nSPS) is 16.1. The van der Waals surface area contributed by atoms with Gasteiger partial charge < -0.3 is 9.84 Å². The fraction of sp³-hybridized carbons (Fsp3) is 0.333. The average molecular weight is 367 g/mol. The molecule has 0 saturated carbocycles. The standard InChI is InChI=1S/C18H16B3N5O2/c1-9-7-14(26(2)24-9)16(27)22-13-6-4-10-8-11(3-5-12(10)13)15-23-17(28-25-15)18(19,20)21/h3,5,7-8,13H,4,6H2,1-2H3,(H,22,27)/t13-/m1/s1. The minimum absolute atomic E-state index is 0.0420. The first-order chi connectivity index (χ1) is 13.2. The van der Waals surface area contributed by atoms with Gasteiger partial charge in [0.1, 0.15) is 5.69 Å². The zero-order valence-corrected chi connectivity index (χ0v) is 15.6. The molecule has 134 valence electrons. The molecule has 4 rings (SSSR count). The van der Waals surface area contributed by atoms with Crippen molar-refractivity contribution < 1.29 is 9.32 Å². The number of benzene rings is 1. The van der Waals surface area contributed by atoms with E-state index in [2.05, 4.69) is 20.6 Å². The summed E-state index contributed by atoms with van der Waals surface area (Å²) >= 11 is 0. The number of nitrogens with one attached hydrogen (secondary N) is 1. The SMILES string of the molecule is [B]C([B])([B])c1nc(-c2ccc3c(c2)CC[C@H]3NC(=O)c2cc(C)nn2C)no1. The number of carbonyl (C=O) groups excluding carboxylic acids is 1. The summed E-state index contributed by atoms with van der Waals surface area (Å²) in [6, 6.07) is 7.53. The van der Waals surface area contributed by atoms with E-state index >= 15 is 0 Å². The van der Waals surface area contributed by atoms with Gasteiger partial charge in [-0.3, -0.25) is 9.48 Å². The molecule has 0 unspecified atom stereocenters. The second-order valence-corrected chi connectivity index (χ2v) is 7.13. The summed E-state index contributed by atoms with van der Waals surface area (Å²) in [5.41, 5.74) is 4.31. The van der Waals surface area contributed by atoms with Crippen molar-refractivity contribution in [2.75, 3.05) is 0 Å². The first kappa shape index (κ1) is 18.6. The Hall–Kier alpha value is -2.77. The third kappa shape index (κ3) is 3.39. The highest BCUT2D eigenvalue weighted by Gasteiger charge is 2.27. The number of aromatic nitrogens is 4. The van der Waals surface area contributed by atoms with Crippen LogP contribution >= 0.6 is 0 Å². The topological polar surface area (TPSA) is 85.8 Å². The van der Waals surface area contributed by atoms with Gasteiger partial charge >= 0.3 is 0 Å². The second-order valence-electron chi connectivity index (χ2n) is 7.13. The van der Waals surface area contributed by atoms with E-state index in [1.807, 2.05) is 25.1 Å². The monoisotopic (exact) mass is 367 g/mol. The van der Waals surface area contributed by atoms with E-state index in [4.69, 9.17) is 28.1 Å². The van der Waals surface area contributed by atoms with Crippen LogP contribution in [0.3, 0.4) is 0 Å². The van der Waals surface area contributed by atoms with Gasteiger partial charge in [-0.05, 0) is 43.0 Å². The number of fused-ring (bicyclic) bond motifs is 1. The Kier molecular flexibility index (Phi) is 4.44. The van der Waals surface area contributed by atoms with Crippen LogP contribution in [0.1, 0.15) is 45.7 Å². The van der Waals surface area contributed by atoms with Gasteiger partial charge in [0.05, 0.1) is 35.3 Å². The maximum atomic E-state index is 12.6. The molecule has 10 heteroatoms. The van der Waals surface area contributed by atoms with Crippen LogP contribution in [-0.4, -0.2) is 49.4 Å². The highest BCUT2D eigenvalue weighted by Crippen LogP contribution is 2.34. The molecule has 0 bridgehead atoms. The summed E-state index contributed by atoms with van der Waals surface area (Å²) in [4.78, 5) is 16.8. The van der Waals surface area contributed by atoms with Gasteiger partial charge in [-0.2, -0.15) is 10.1 Å². The Bertz CT molecular complexity index is 1050. The van der Waals surface area contributed by atoms with Gasteiger partial charge in [-0.25, -0.2) is 0 Å². The molecule has 1 amide bonds. The molecule has 2 aromatic heterocycles. The lowest BCUT2D eigenvalue weighted by Gasteiger charge is -2.14. The molecule has 1 N–H and O–H groups in total. The number of nitrogens with zero attached hydrogens (tertiary/aromatic N) is 4. The summed E-state index contributed by atoms with van der Waals surface area (Å²) in [6.07, 6.45) is 1.65. The fourth-order valence-electron chi connectivity index (χ4n) is 3.48. The molecule has 0 aliphatic heterocycles. The van der Waals surface area contributed by atoms with Crippen molar-refractivity contribution in [3.8, 4) is 11.4 Å². The number of hydrogen-bond donors (Lipinski definition) is 1. The molecule has 0 fully saturated rings. The number of hydrogen-bond acceptors (Lipinski definition) is 5. The maximum Gasteiger partial charge on any atom is 0.270 e. The molecule has 1 aliphatic rings. The highest BCUT2D eigenvalue weighted by atomic mass is 16.5. The van der Waals surface area contributed by atoms with Crippen molar-refractivity contribution in [2.45, 2.75) is 30.9 Å². The molecule has 2 heterocycles. The van der Waals surface area contributed by atoms with Crippen LogP contribution in [0.2, 0.25) is 0 Å². The largest absolute Gasteiger partial charge is 0.344 e. The summed E-state index contributed by atoms with van der Waals surface area (Å²) in [5.74, 6) is 0.180. The lowest BCUT2D eigenvalue weighted by Crippen LogP contribution is -2.28. The molecule has 6 radical (unpaired) electrons. The van der Waals surface area contributed by atoms with Crippen molar-refractivity contribution in [1.82, 2.24) is 25.2 Å². The third-order valence-corrected chi connectivity index (χ3v) is 4.82. The molecular formula is C18H16B3N5O2. The van der Waals surface area contributed by atoms with E-state index in [-0.39, 0.29) is 17.8 Å². The van der Waals surface area contributed by atoms with E-state index in [0.717, 1.165) is 35.2 Å². The van der Waals surface area contributed by atoms with Crippen LogP contribution in [0, 0.1) is 6.92 Å². The van der Waals surface area contributed by atoms with Gasteiger partial charge in [0, 0.05) is 12.6 Å². The van der Waals surface area contributed by atoms with Gasteiger partial charge in [0.25, 0.3) is 5.91 Å². The molecule has 0 spiro atoms. The number of aryl methyl sites for hydroxylation is 3. The van der Waals surface area contributed by atoms with Crippen molar-refractivity contribution in [1.29, 1.82) is 0 Å². The minimum Gasteiger partial charge on any atom is -0.344 e. The Morgan fingerprint density at radius 3 is 2.75 bits per heavy atom. The van der Waals surface area contributed by atoms with Gasteiger partial charge in [0.15, 0.2) is 0 Å². The van der Waals surface area contributed by atoms with E-state index in [1.165, 1.54) is 0 Å². The summed E-state index contributed by atoms with van der Waals surface area (Å²) in [7, 11) is 18.5. The number of carbonyl (C=O) groups is 1. The Balaban J connectivity index is 1.54. The average Bonchev–Trinajstić information content (AvgIpc) is 3.33. The third-order valence-electron chi connectivity index (χ3n) is 4.82. The molecule has 1 aliphatic carbocycles. The van der Waals surface area contributed by atoms with E-state index < -0.39 is 5.11 Å². The van der Waals surface area contributed by atoms with Crippen LogP contribution < -0.4 is 5.32 Å². The van der Waals surface area contributed by atoms with Gasteiger partial charge in [-0.15, -0.1) is 0 Å². The molecular weight excluding hydrogens is 351 g/mol. The maximum absolute atomic E-state index is 12.6. The molecule has 3 aromatic rings. The zero-order valence-electron chi connectivity index (χ0n) is 15.6. The van der Waals surface area contributed by atoms with Crippen LogP contribution in [-0.2, 0) is 18.6 Å². The quantitative estimate of drug-likeness (QED) is 0.691. The van der Waals surface area contributed by atoms with Crippen LogP contribution in [0.25, 0.3) is 11.4 Å². The fourth-order valence-corrected chi connectivity index (χ4v) is 3.48. The lowest BCUT2D eigenvalue weighted by molar-refractivity contribution is 0.0927. The minimum atomic E-state index is -1.68. The van der Waals surface area contributed by atoms with Crippen LogP contribution in [0.15, 0.2) is 28.8 Å². The molecule has 0 saturated heterocycles. The van der Waals surface area contributed by atoms with Gasteiger partial charge in [-0.1, -0.05) is 22.4 Å².